The van der Waals surface area contributed by atoms with E-state index < -0.39 is 11.4 Å². The van der Waals surface area contributed by atoms with Gasteiger partial charge in [0.15, 0.2) is 22.5 Å². The Labute approximate surface area is 148 Å². The van der Waals surface area contributed by atoms with Gasteiger partial charge in [0.05, 0.1) is 0 Å². The monoisotopic (exact) mass is 363 g/mol. The van der Waals surface area contributed by atoms with Crippen LogP contribution in [0.5, 0.6) is 11.5 Å². The Hall–Kier alpha value is -2.55. The van der Waals surface area contributed by atoms with Gasteiger partial charge in [0.1, 0.15) is 6.61 Å². The minimum absolute atomic E-state index is 0.132. The summed E-state index contributed by atoms with van der Waals surface area (Å²) in [5.74, 6) is 0.867. The molecule has 0 spiro atoms. The van der Waals surface area contributed by atoms with Gasteiger partial charge in [0.25, 0.3) is 11.1 Å². The zero-order chi connectivity index (χ0) is 18.0. The predicted molar refractivity (Wildman–Crippen MR) is 88.6 cm³/mol. The molecule has 0 aliphatic carbocycles. The minimum atomic E-state index is -0.924. The molecule has 0 fully saturated rings. The topological polar surface area (TPSA) is 94.8 Å². The number of thioether (sulfide) groups is 1. The van der Waals surface area contributed by atoms with Crippen LogP contribution in [0.3, 0.4) is 0 Å². The predicted octanol–water partition coefficient (Wildman–Crippen LogP) is 1.72. The maximum absolute atomic E-state index is 12.1. The van der Waals surface area contributed by atoms with E-state index in [0.29, 0.717) is 11.5 Å². The fourth-order valence-electron chi connectivity index (χ4n) is 2.18. The number of Topliss-reactive ketones (excluding diaryl/α,β-unsaturated/α-hetero) is 1. The normalized spacial score (nSPS) is 17.0. The molecule has 1 amide bonds. The molecule has 0 radical (unpaired) electrons. The molecule has 1 aromatic carbocycles. The molecule has 2 aromatic rings. The molecule has 2 unspecified atom stereocenters. The molecule has 0 N–H and O–H groups in total. The van der Waals surface area contributed by atoms with Crippen LogP contribution in [-0.4, -0.2) is 52.7 Å². The lowest BCUT2D eigenvalue weighted by Crippen LogP contribution is -2.35. The van der Waals surface area contributed by atoms with Gasteiger partial charge in [-0.15, -0.1) is 10.2 Å². The molecule has 2 atom stereocenters. The molecule has 132 valence electrons. The SMILES string of the molecule is CC(=O)C(Sc1nnc(C2COc3ccccc3O2)o1)C(=O)N(C)C. The van der Waals surface area contributed by atoms with Crippen molar-refractivity contribution in [1.29, 1.82) is 0 Å². The summed E-state index contributed by atoms with van der Waals surface area (Å²) >= 11 is 0.926. The van der Waals surface area contributed by atoms with Crippen LogP contribution >= 0.6 is 11.8 Å². The van der Waals surface area contributed by atoms with Crippen LogP contribution in [0.15, 0.2) is 33.9 Å². The molecular weight excluding hydrogens is 346 g/mol. The number of rotatable bonds is 5. The first-order valence-electron chi connectivity index (χ1n) is 7.56. The number of nitrogens with zero attached hydrogens (tertiary/aromatic N) is 3. The number of fused-ring (bicyclic) bond motifs is 1. The Bertz CT molecular complexity index is 792. The summed E-state index contributed by atoms with van der Waals surface area (Å²) in [6.07, 6.45) is -0.544. The van der Waals surface area contributed by atoms with Gasteiger partial charge in [-0.05, 0) is 30.8 Å². The molecule has 3 rings (SSSR count). The van der Waals surface area contributed by atoms with E-state index in [-0.39, 0.29) is 29.4 Å². The lowest BCUT2D eigenvalue weighted by Gasteiger charge is -2.23. The van der Waals surface area contributed by atoms with Crippen LogP contribution in [0, 0.1) is 0 Å². The lowest BCUT2D eigenvalue weighted by atomic mass is 10.2. The van der Waals surface area contributed by atoms with Crippen LogP contribution in [0.1, 0.15) is 18.9 Å². The Morgan fingerprint density at radius 2 is 1.96 bits per heavy atom. The second-order valence-corrected chi connectivity index (χ2v) is 6.67. The smallest absolute Gasteiger partial charge is 0.277 e. The summed E-state index contributed by atoms with van der Waals surface area (Å²) in [5, 5.41) is 7.06. The molecule has 1 aliphatic rings. The first kappa shape index (κ1) is 17.3. The number of para-hydroxylation sites is 2. The molecule has 0 saturated carbocycles. The minimum Gasteiger partial charge on any atom is -0.485 e. The molecule has 9 heteroatoms. The first-order chi connectivity index (χ1) is 12.0. The maximum atomic E-state index is 12.1. The number of carbonyl (C=O) groups excluding carboxylic acids is 2. The van der Waals surface area contributed by atoms with E-state index in [1.165, 1.54) is 11.8 Å². The van der Waals surface area contributed by atoms with Gasteiger partial charge in [-0.2, -0.15) is 0 Å². The fourth-order valence-corrected chi connectivity index (χ4v) is 3.08. The third-order valence-corrected chi connectivity index (χ3v) is 4.59. The lowest BCUT2D eigenvalue weighted by molar-refractivity contribution is -0.132. The van der Waals surface area contributed by atoms with Gasteiger partial charge < -0.3 is 18.8 Å². The van der Waals surface area contributed by atoms with Crippen molar-refractivity contribution in [2.45, 2.75) is 23.5 Å². The van der Waals surface area contributed by atoms with Gasteiger partial charge >= 0.3 is 0 Å². The average Bonchev–Trinajstić information content (AvgIpc) is 3.07. The van der Waals surface area contributed by atoms with Crippen molar-refractivity contribution >= 4 is 23.5 Å². The number of ketones is 1. The Kier molecular flexibility index (Phi) is 4.93. The number of ether oxygens (including phenoxy) is 2. The molecule has 8 nitrogen and oxygen atoms in total. The van der Waals surface area contributed by atoms with Gasteiger partial charge in [-0.3, -0.25) is 9.59 Å². The summed E-state index contributed by atoms with van der Waals surface area (Å²) < 4.78 is 17.0. The van der Waals surface area contributed by atoms with Crippen molar-refractivity contribution in [2.24, 2.45) is 0 Å². The van der Waals surface area contributed by atoms with Gasteiger partial charge in [-0.25, -0.2) is 0 Å². The van der Waals surface area contributed by atoms with E-state index in [2.05, 4.69) is 10.2 Å². The number of aromatic nitrogens is 2. The third kappa shape index (κ3) is 3.76. The van der Waals surface area contributed by atoms with E-state index in [1.54, 1.807) is 20.2 Å². The number of hydrogen-bond acceptors (Lipinski definition) is 8. The molecule has 1 aliphatic heterocycles. The first-order valence-corrected chi connectivity index (χ1v) is 8.44. The molecular formula is C16H17N3O5S. The van der Waals surface area contributed by atoms with Crippen LogP contribution in [0.4, 0.5) is 0 Å². The Morgan fingerprint density at radius 1 is 1.24 bits per heavy atom. The third-order valence-electron chi connectivity index (χ3n) is 3.46. The fraction of sp³-hybridized carbons (Fsp3) is 0.375. The van der Waals surface area contributed by atoms with E-state index in [9.17, 15) is 9.59 Å². The highest BCUT2D eigenvalue weighted by Gasteiger charge is 2.31. The summed E-state index contributed by atoms with van der Waals surface area (Å²) in [6.45, 7) is 1.58. The van der Waals surface area contributed by atoms with E-state index in [0.717, 1.165) is 11.8 Å². The van der Waals surface area contributed by atoms with Crippen molar-refractivity contribution in [3.63, 3.8) is 0 Å². The molecule has 2 heterocycles. The Morgan fingerprint density at radius 3 is 2.64 bits per heavy atom. The van der Waals surface area contributed by atoms with E-state index >= 15 is 0 Å². The quantitative estimate of drug-likeness (QED) is 0.585. The highest BCUT2D eigenvalue weighted by molar-refractivity contribution is 8.01. The van der Waals surface area contributed by atoms with E-state index in [1.807, 2.05) is 18.2 Å². The van der Waals surface area contributed by atoms with Crippen molar-refractivity contribution in [3.8, 4) is 11.5 Å². The summed E-state index contributed by atoms with van der Waals surface area (Å²) in [7, 11) is 3.17. The highest BCUT2D eigenvalue weighted by Crippen LogP contribution is 2.36. The maximum Gasteiger partial charge on any atom is 0.277 e. The summed E-state index contributed by atoms with van der Waals surface area (Å²) in [4.78, 5) is 25.2. The molecule has 0 saturated heterocycles. The van der Waals surface area contributed by atoms with Gasteiger partial charge in [0.2, 0.25) is 12.0 Å². The second kappa shape index (κ2) is 7.14. The van der Waals surface area contributed by atoms with Crippen LogP contribution < -0.4 is 9.47 Å². The molecule has 1 aromatic heterocycles. The van der Waals surface area contributed by atoms with Crippen LogP contribution in [0.25, 0.3) is 0 Å². The molecule has 0 bridgehead atoms. The summed E-state index contributed by atoms with van der Waals surface area (Å²) in [5.41, 5.74) is 0. The van der Waals surface area contributed by atoms with Crippen LogP contribution in [0.2, 0.25) is 0 Å². The number of carbonyl (C=O) groups is 2. The van der Waals surface area contributed by atoms with Crippen LogP contribution in [-0.2, 0) is 9.59 Å². The Balaban J connectivity index is 1.72. The van der Waals surface area contributed by atoms with Gasteiger partial charge in [-0.1, -0.05) is 12.1 Å². The van der Waals surface area contributed by atoms with Gasteiger partial charge in [0, 0.05) is 14.1 Å². The zero-order valence-electron chi connectivity index (χ0n) is 14.0. The summed E-state index contributed by atoms with van der Waals surface area (Å²) in [6, 6.07) is 7.29. The van der Waals surface area contributed by atoms with Crippen molar-refractivity contribution < 1.29 is 23.5 Å². The highest BCUT2D eigenvalue weighted by atomic mass is 32.2. The number of benzene rings is 1. The second-order valence-electron chi connectivity index (χ2n) is 5.61. The van der Waals surface area contributed by atoms with Crippen molar-refractivity contribution in [2.75, 3.05) is 20.7 Å². The number of amides is 1. The number of hydrogen-bond donors (Lipinski definition) is 0. The zero-order valence-corrected chi connectivity index (χ0v) is 14.8. The molecule has 25 heavy (non-hydrogen) atoms. The standard InChI is InChI=1S/C16H17N3O5S/c1-9(20)13(15(21)19(2)3)25-16-18-17-14(24-16)12-8-22-10-6-4-5-7-11(10)23-12/h4-7,12-13H,8H2,1-3H3. The van der Waals surface area contributed by atoms with Crippen molar-refractivity contribution in [3.05, 3.63) is 30.2 Å². The largest absolute Gasteiger partial charge is 0.485 e. The van der Waals surface area contributed by atoms with Crippen molar-refractivity contribution in [1.82, 2.24) is 15.1 Å². The van der Waals surface area contributed by atoms with E-state index in [4.69, 9.17) is 13.9 Å². The average molecular weight is 363 g/mol.